The predicted octanol–water partition coefficient (Wildman–Crippen LogP) is 2.69. The maximum atomic E-state index is 8.88. The van der Waals surface area contributed by atoms with Gasteiger partial charge < -0.3 is 10.2 Å². The Morgan fingerprint density at radius 3 is 2.86 bits per heavy atom. The maximum absolute atomic E-state index is 8.88. The summed E-state index contributed by atoms with van der Waals surface area (Å²) in [6, 6.07) is 9.59. The molecule has 1 aromatic heterocycles. The second kappa shape index (κ2) is 5.98. The van der Waals surface area contributed by atoms with Crippen molar-refractivity contribution in [1.29, 1.82) is 5.26 Å². The molecule has 6 heteroatoms. The highest BCUT2D eigenvalue weighted by atomic mass is 35.5. The molecule has 0 radical (unpaired) electrons. The van der Waals surface area contributed by atoms with Crippen molar-refractivity contribution in [3.8, 4) is 6.07 Å². The third kappa shape index (κ3) is 3.06. The van der Waals surface area contributed by atoms with E-state index in [0.29, 0.717) is 22.6 Å². The van der Waals surface area contributed by atoms with Crippen molar-refractivity contribution in [2.45, 2.75) is 12.5 Å². The maximum Gasteiger partial charge on any atom is 0.222 e. The number of aromatic nitrogens is 2. The highest BCUT2D eigenvalue weighted by Crippen LogP contribution is 2.30. The zero-order chi connectivity index (χ0) is 14.7. The van der Waals surface area contributed by atoms with E-state index in [9.17, 15) is 0 Å². The third-order valence-corrected chi connectivity index (χ3v) is 3.81. The highest BCUT2D eigenvalue weighted by molar-refractivity contribution is 6.33. The van der Waals surface area contributed by atoms with Crippen molar-refractivity contribution >= 4 is 23.2 Å². The first-order valence-electron chi connectivity index (χ1n) is 6.74. The number of nitriles is 1. The zero-order valence-electron chi connectivity index (χ0n) is 11.3. The largest absolute Gasteiger partial charge is 0.368 e. The molecule has 1 atom stereocenters. The first-order valence-corrected chi connectivity index (χ1v) is 7.12. The number of nitrogens with one attached hydrogen (secondary N) is 1. The van der Waals surface area contributed by atoms with Gasteiger partial charge in [0.25, 0.3) is 0 Å². The van der Waals surface area contributed by atoms with Crippen LogP contribution in [-0.4, -0.2) is 29.1 Å². The van der Waals surface area contributed by atoms with Crippen LogP contribution in [0.4, 0.5) is 11.6 Å². The minimum Gasteiger partial charge on any atom is -0.368 e. The first kappa shape index (κ1) is 13.7. The van der Waals surface area contributed by atoms with Crippen LogP contribution in [0.1, 0.15) is 12.0 Å². The Labute approximate surface area is 128 Å². The van der Waals surface area contributed by atoms with E-state index in [0.717, 1.165) is 25.2 Å². The van der Waals surface area contributed by atoms with Gasteiger partial charge in [-0.05, 0) is 30.7 Å². The Hall–Kier alpha value is -2.32. The molecule has 0 bridgehead atoms. The summed E-state index contributed by atoms with van der Waals surface area (Å²) < 4.78 is 0. The molecule has 3 rings (SSSR count). The fraction of sp³-hybridized carbons (Fsp3) is 0.267. The predicted molar refractivity (Wildman–Crippen MR) is 82.4 cm³/mol. The highest BCUT2D eigenvalue weighted by Gasteiger charge is 2.24. The molecule has 2 heterocycles. The summed E-state index contributed by atoms with van der Waals surface area (Å²) in [5, 5.41) is 12.8. The molecule has 1 aliphatic rings. The summed E-state index contributed by atoms with van der Waals surface area (Å²) in [6.07, 6.45) is 4.44. The Morgan fingerprint density at radius 2 is 2.14 bits per heavy atom. The summed E-state index contributed by atoms with van der Waals surface area (Å²) in [4.78, 5) is 10.6. The van der Waals surface area contributed by atoms with Gasteiger partial charge in [-0.3, -0.25) is 0 Å². The molecule has 0 spiro atoms. The standard InChI is InChI=1S/C15H14ClN5/c16-13-8-11(9-17)2-3-14(13)21-7-4-12(10-21)20-15-18-5-1-6-19-15/h1-3,5-6,8,12H,4,7,10H2,(H,18,19,20). The average Bonchev–Trinajstić information content (AvgIpc) is 2.96. The monoisotopic (exact) mass is 299 g/mol. The van der Waals surface area contributed by atoms with E-state index in [-0.39, 0.29) is 0 Å². The first-order chi connectivity index (χ1) is 10.3. The van der Waals surface area contributed by atoms with Crippen molar-refractivity contribution < 1.29 is 0 Å². The molecule has 2 aromatic rings. The zero-order valence-corrected chi connectivity index (χ0v) is 12.1. The summed E-state index contributed by atoms with van der Waals surface area (Å²) in [5.41, 5.74) is 1.55. The van der Waals surface area contributed by atoms with Gasteiger partial charge in [-0.15, -0.1) is 0 Å². The molecular weight excluding hydrogens is 286 g/mol. The lowest BCUT2D eigenvalue weighted by atomic mass is 10.2. The van der Waals surface area contributed by atoms with Crippen molar-refractivity contribution in [3.05, 3.63) is 47.2 Å². The SMILES string of the molecule is N#Cc1ccc(N2CCC(Nc3ncccn3)C2)c(Cl)c1. The van der Waals surface area contributed by atoms with Crippen LogP contribution >= 0.6 is 11.6 Å². The van der Waals surface area contributed by atoms with Crippen LogP contribution < -0.4 is 10.2 Å². The van der Waals surface area contributed by atoms with Gasteiger partial charge in [0.15, 0.2) is 0 Å². The summed E-state index contributed by atoms with van der Waals surface area (Å²) in [5.74, 6) is 0.648. The van der Waals surface area contributed by atoms with E-state index in [2.05, 4.69) is 26.3 Å². The number of rotatable bonds is 3. The third-order valence-electron chi connectivity index (χ3n) is 3.50. The molecule has 1 fully saturated rings. The second-order valence-corrected chi connectivity index (χ2v) is 5.33. The molecule has 106 valence electrons. The van der Waals surface area contributed by atoms with Gasteiger partial charge in [-0.2, -0.15) is 5.26 Å². The smallest absolute Gasteiger partial charge is 0.222 e. The van der Waals surface area contributed by atoms with Gasteiger partial charge in [0, 0.05) is 31.5 Å². The summed E-state index contributed by atoms with van der Waals surface area (Å²) in [7, 11) is 0. The summed E-state index contributed by atoms with van der Waals surface area (Å²) in [6.45, 7) is 1.75. The molecular formula is C15H14ClN5. The van der Waals surface area contributed by atoms with Gasteiger partial charge in [-0.25, -0.2) is 9.97 Å². The molecule has 0 aliphatic carbocycles. The fourth-order valence-corrected chi connectivity index (χ4v) is 2.79. The Kier molecular flexibility index (Phi) is 3.89. The fourth-order valence-electron chi connectivity index (χ4n) is 2.49. The number of hydrogen-bond donors (Lipinski definition) is 1. The molecule has 1 N–H and O–H groups in total. The van der Waals surface area contributed by atoms with Crippen molar-refractivity contribution in [3.63, 3.8) is 0 Å². The van der Waals surface area contributed by atoms with Crippen LogP contribution in [0.3, 0.4) is 0 Å². The number of anilines is 2. The number of benzene rings is 1. The molecule has 1 aliphatic heterocycles. The van der Waals surface area contributed by atoms with Crippen molar-refractivity contribution in [2.24, 2.45) is 0 Å². The van der Waals surface area contributed by atoms with Crippen LogP contribution in [0, 0.1) is 11.3 Å². The number of nitrogens with zero attached hydrogens (tertiary/aromatic N) is 4. The summed E-state index contributed by atoms with van der Waals surface area (Å²) >= 11 is 6.26. The second-order valence-electron chi connectivity index (χ2n) is 4.93. The van der Waals surface area contributed by atoms with Gasteiger partial charge in [-0.1, -0.05) is 11.6 Å². The topological polar surface area (TPSA) is 64.8 Å². The van der Waals surface area contributed by atoms with Crippen LogP contribution in [0.25, 0.3) is 0 Å². The van der Waals surface area contributed by atoms with Crippen LogP contribution in [0.5, 0.6) is 0 Å². The molecule has 0 saturated carbocycles. The minimum atomic E-state index is 0.291. The lowest BCUT2D eigenvalue weighted by molar-refractivity contribution is 0.792. The van der Waals surface area contributed by atoms with Crippen LogP contribution in [0.2, 0.25) is 5.02 Å². The lowest BCUT2D eigenvalue weighted by Crippen LogP contribution is -2.26. The van der Waals surface area contributed by atoms with E-state index in [4.69, 9.17) is 16.9 Å². The molecule has 1 unspecified atom stereocenters. The normalized spacial score (nSPS) is 17.5. The number of halogens is 1. The van der Waals surface area contributed by atoms with Gasteiger partial charge >= 0.3 is 0 Å². The Balaban J connectivity index is 1.68. The van der Waals surface area contributed by atoms with E-state index in [1.165, 1.54) is 0 Å². The molecule has 0 amide bonds. The van der Waals surface area contributed by atoms with Crippen LogP contribution in [-0.2, 0) is 0 Å². The van der Waals surface area contributed by atoms with Crippen LogP contribution in [0.15, 0.2) is 36.7 Å². The van der Waals surface area contributed by atoms with Crippen molar-refractivity contribution in [1.82, 2.24) is 9.97 Å². The Bertz CT molecular complexity index is 668. The van der Waals surface area contributed by atoms with Gasteiger partial charge in [0.2, 0.25) is 5.95 Å². The van der Waals surface area contributed by atoms with Gasteiger partial charge in [0.1, 0.15) is 0 Å². The van der Waals surface area contributed by atoms with E-state index >= 15 is 0 Å². The lowest BCUT2D eigenvalue weighted by Gasteiger charge is -2.20. The van der Waals surface area contributed by atoms with Gasteiger partial charge in [0.05, 0.1) is 22.3 Å². The minimum absolute atomic E-state index is 0.291. The molecule has 21 heavy (non-hydrogen) atoms. The molecule has 1 saturated heterocycles. The van der Waals surface area contributed by atoms with E-state index in [1.54, 1.807) is 30.6 Å². The Morgan fingerprint density at radius 1 is 1.33 bits per heavy atom. The van der Waals surface area contributed by atoms with E-state index < -0.39 is 0 Å². The van der Waals surface area contributed by atoms with Crippen molar-refractivity contribution in [2.75, 3.05) is 23.3 Å². The molecule has 5 nitrogen and oxygen atoms in total. The quantitative estimate of drug-likeness (QED) is 0.944. The molecule has 1 aromatic carbocycles. The van der Waals surface area contributed by atoms with E-state index in [1.807, 2.05) is 6.07 Å². The average molecular weight is 300 g/mol. The number of hydrogen-bond acceptors (Lipinski definition) is 5.